The fraction of sp³-hybridized carbons (Fsp3) is 0.235. The van der Waals surface area contributed by atoms with E-state index in [-0.39, 0.29) is 11.9 Å². The summed E-state index contributed by atoms with van der Waals surface area (Å²) in [5, 5.41) is 3.02. The highest BCUT2D eigenvalue weighted by molar-refractivity contribution is 9.10. The van der Waals surface area contributed by atoms with Gasteiger partial charge in [0.05, 0.1) is 13.2 Å². The molecule has 0 saturated carbocycles. The Bertz CT molecular complexity index is 655. The van der Waals surface area contributed by atoms with E-state index in [0.29, 0.717) is 5.56 Å². The molecule has 110 valence electrons. The molecule has 2 rings (SSSR count). The maximum Gasteiger partial charge on any atom is 0.252 e. The van der Waals surface area contributed by atoms with E-state index in [9.17, 15) is 4.79 Å². The third-order valence-electron chi connectivity index (χ3n) is 3.39. The quantitative estimate of drug-likeness (QED) is 0.897. The van der Waals surface area contributed by atoms with Crippen LogP contribution in [0, 0.1) is 6.92 Å². The van der Waals surface area contributed by atoms with Crippen molar-refractivity contribution in [3.8, 4) is 5.75 Å². The smallest absolute Gasteiger partial charge is 0.252 e. The van der Waals surface area contributed by atoms with Crippen LogP contribution in [0.3, 0.4) is 0 Å². The molecule has 1 N–H and O–H groups in total. The van der Waals surface area contributed by atoms with Crippen molar-refractivity contribution in [2.24, 2.45) is 0 Å². The molecule has 3 nitrogen and oxygen atoms in total. The highest BCUT2D eigenvalue weighted by Crippen LogP contribution is 2.20. The second-order valence-corrected chi connectivity index (χ2v) is 5.85. The van der Waals surface area contributed by atoms with Crippen LogP contribution in [0.5, 0.6) is 5.75 Å². The van der Waals surface area contributed by atoms with Gasteiger partial charge < -0.3 is 10.1 Å². The van der Waals surface area contributed by atoms with Crippen molar-refractivity contribution in [2.75, 3.05) is 7.11 Å². The number of benzene rings is 2. The molecule has 2 aromatic rings. The van der Waals surface area contributed by atoms with E-state index < -0.39 is 0 Å². The molecule has 4 heteroatoms. The summed E-state index contributed by atoms with van der Waals surface area (Å²) in [6.07, 6.45) is 0. The zero-order valence-electron chi connectivity index (χ0n) is 12.3. The van der Waals surface area contributed by atoms with Gasteiger partial charge in [0.15, 0.2) is 0 Å². The Morgan fingerprint density at radius 2 is 2.00 bits per heavy atom. The van der Waals surface area contributed by atoms with Crippen molar-refractivity contribution in [3.63, 3.8) is 0 Å². The molecule has 0 aliphatic carbocycles. The topological polar surface area (TPSA) is 38.3 Å². The third kappa shape index (κ3) is 3.85. The van der Waals surface area contributed by atoms with Gasteiger partial charge in [0.2, 0.25) is 0 Å². The molecule has 0 aliphatic heterocycles. The summed E-state index contributed by atoms with van der Waals surface area (Å²) in [5.74, 6) is 0.705. The fourth-order valence-corrected chi connectivity index (χ4v) is 2.47. The van der Waals surface area contributed by atoms with Gasteiger partial charge in [-0.05, 0) is 49.2 Å². The van der Waals surface area contributed by atoms with E-state index in [1.165, 1.54) is 0 Å². The summed E-state index contributed by atoms with van der Waals surface area (Å²) in [4.78, 5) is 12.4. The Morgan fingerprint density at radius 3 is 2.71 bits per heavy atom. The average molecular weight is 348 g/mol. The van der Waals surface area contributed by atoms with Crippen LogP contribution >= 0.6 is 15.9 Å². The van der Waals surface area contributed by atoms with E-state index in [1.54, 1.807) is 7.11 Å². The summed E-state index contributed by atoms with van der Waals surface area (Å²) in [5.41, 5.74) is 2.64. The molecular formula is C17H18BrNO2. The van der Waals surface area contributed by atoms with Gasteiger partial charge in [-0.3, -0.25) is 4.79 Å². The van der Waals surface area contributed by atoms with Crippen molar-refractivity contribution in [2.45, 2.75) is 19.9 Å². The molecule has 1 unspecified atom stereocenters. The number of nitrogens with one attached hydrogen (secondary N) is 1. The van der Waals surface area contributed by atoms with Crippen LogP contribution in [-0.4, -0.2) is 13.0 Å². The molecule has 0 radical (unpaired) electrons. The number of carbonyl (C=O) groups is 1. The van der Waals surface area contributed by atoms with Crippen LogP contribution in [0.2, 0.25) is 0 Å². The summed E-state index contributed by atoms with van der Waals surface area (Å²) in [6, 6.07) is 13.3. The van der Waals surface area contributed by atoms with Crippen LogP contribution in [0.25, 0.3) is 0 Å². The number of carbonyl (C=O) groups excluding carboxylic acids is 1. The maximum atomic E-state index is 12.4. The number of aryl methyl sites for hydroxylation is 1. The molecule has 0 aliphatic rings. The van der Waals surface area contributed by atoms with Crippen molar-refractivity contribution >= 4 is 21.8 Å². The monoisotopic (exact) mass is 347 g/mol. The fourth-order valence-electron chi connectivity index (χ4n) is 2.11. The molecular weight excluding hydrogens is 330 g/mol. The summed E-state index contributed by atoms with van der Waals surface area (Å²) < 4.78 is 6.11. The molecule has 0 fully saturated rings. The van der Waals surface area contributed by atoms with Gasteiger partial charge in [0.1, 0.15) is 5.75 Å². The second kappa shape index (κ2) is 6.76. The van der Waals surface area contributed by atoms with E-state index in [4.69, 9.17) is 4.74 Å². The van der Waals surface area contributed by atoms with Crippen LogP contribution in [0.4, 0.5) is 0 Å². The molecule has 1 amide bonds. The van der Waals surface area contributed by atoms with Crippen LogP contribution in [0.1, 0.15) is 34.5 Å². The first-order chi connectivity index (χ1) is 10.0. The SMILES string of the molecule is COc1cccc(C(C)NC(=O)c2cc(Br)ccc2C)c1. The predicted octanol–water partition coefficient (Wildman–Crippen LogP) is 4.26. The van der Waals surface area contributed by atoms with Crippen molar-refractivity contribution in [1.82, 2.24) is 5.32 Å². The van der Waals surface area contributed by atoms with Crippen LogP contribution in [0.15, 0.2) is 46.9 Å². The summed E-state index contributed by atoms with van der Waals surface area (Å²) in [6.45, 7) is 3.89. The number of halogens is 1. The van der Waals surface area contributed by atoms with E-state index in [1.807, 2.05) is 56.3 Å². The molecule has 0 heterocycles. The number of hydrogen-bond acceptors (Lipinski definition) is 2. The number of ether oxygens (including phenoxy) is 1. The van der Waals surface area contributed by atoms with Crippen molar-refractivity contribution in [3.05, 3.63) is 63.6 Å². The normalized spacial score (nSPS) is 11.8. The first-order valence-electron chi connectivity index (χ1n) is 6.72. The highest BCUT2D eigenvalue weighted by Gasteiger charge is 2.14. The minimum Gasteiger partial charge on any atom is -0.497 e. The van der Waals surface area contributed by atoms with Gasteiger partial charge in [-0.25, -0.2) is 0 Å². The first kappa shape index (κ1) is 15.6. The van der Waals surface area contributed by atoms with Crippen molar-refractivity contribution in [1.29, 1.82) is 0 Å². The maximum absolute atomic E-state index is 12.4. The van der Waals surface area contributed by atoms with Gasteiger partial charge in [-0.15, -0.1) is 0 Å². The van der Waals surface area contributed by atoms with E-state index in [2.05, 4.69) is 21.2 Å². The van der Waals surface area contributed by atoms with Gasteiger partial charge in [0, 0.05) is 10.0 Å². The number of methoxy groups -OCH3 is 1. The minimum absolute atomic E-state index is 0.0795. The van der Waals surface area contributed by atoms with Crippen LogP contribution < -0.4 is 10.1 Å². The van der Waals surface area contributed by atoms with Gasteiger partial charge in [-0.2, -0.15) is 0 Å². The Labute approximate surface area is 133 Å². The molecule has 0 bridgehead atoms. The van der Waals surface area contributed by atoms with Gasteiger partial charge in [0.25, 0.3) is 5.91 Å². The summed E-state index contributed by atoms with van der Waals surface area (Å²) >= 11 is 3.40. The zero-order chi connectivity index (χ0) is 15.4. The van der Waals surface area contributed by atoms with E-state index >= 15 is 0 Å². The van der Waals surface area contributed by atoms with Crippen molar-refractivity contribution < 1.29 is 9.53 Å². The first-order valence-corrected chi connectivity index (χ1v) is 7.51. The Hall–Kier alpha value is -1.81. The molecule has 21 heavy (non-hydrogen) atoms. The highest BCUT2D eigenvalue weighted by atomic mass is 79.9. The minimum atomic E-state index is -0.0917. The third-order valence-corrected chi connectivity index (χ3v) is 3.88. The van der Waals surface area contributed by atoms with Gasteiger partial charge >= 0.3 is 0 Å². The summed E-state index contributed by atoms with van der Waals surface area (Å²) in [7, 11) is 1.63. The van der Waals surface area contributed by atoms with Crippen LogP contribution in [-0.2, 0) is 0 Å². The van der Waals surface area contributed by atoms with Gasteiger partial charge in [-0.1, -0.05) is 34.1 Å². The number of rotatable bonds is 4. The molecule has 0 aromatic heterocycles. The molecule has 1 atom stereocenters. The number of hydrogen-bond donors (Lipinski definition) is 1. The molecule has 0 saturated heterocycles. The molecule has 2 aromatic carbocycles. The zero-order valence-corrected chi connectivity index (χ0v) is 13.9. The lowest BCUT2D eigenvalue weighted by molar-refractivity contribution is 0.0939. The Kier molecular flexibility index (Phi) is 5.02. The Morgan fingerprint density at radius 1 is 1.24 bits per heavy atom. The largest absolute Gasteiger partial charge is 0.497 e. The second-order valence-electron chi connectivity index (χ2n) is 4.93. The van der Waals surface area contributed by atoms with E-state index in [0.717, 1.165) is 21.3 Å². The average Bonchev–Trinajstić information content (AvgIpc) is 2.49. The molecule has 0 spiro atoms. The standard InChI is InChI=1S/C17H18BrNO2/c1-11-7-8-14(18)10-16(11)17(20)19-12(2)13-5-4-6-15(9-13)21-3/h4-10,12H,1-3H3,(H,19,20). The number of amides is 1. The predicted molar refractivity (Wildman–Crippen MR) is 87.8 cm³/mol. The lowest BCUT2D eigenvalue weighted by atomic mass is 10.1. The Balaban J connectivity index is 2.16. The lowest BCUT2D eigenvalue weighted by Crippen LogP contribution is -2.27. The lowest BCUT2D eigenvalue weighted by Gasteiger charge is -2.16.